The molecule has 33 heavy (non-hydrogen) atoms. The molecule has 0 radical (unpaired) electrons. The quantitative estimate of drug-likeness (QED) is 0.563. The van der Waals surface area contributed by atoms with E-state index in [1.165, 1.54) is 0 Å². The lowest BCUT2D eigenvalue weighted by atomic mass is 10.0. The number of piperazine rings is 1. The van der Waals surface area contributed by atoms with Crippen LogP contribution < -0.4 is 4.90 Å². The Balaban J connectivity index is 1.41. The van der Waals surface area contributed by atoms with E-state index >= 15 is 0 Å². The molecule has 3 aromatic rings. The summed E-state index contributed by atoms with van der Waals surface area (Å²) in [4.78, 5) is 9.27. The Morgan fingerprint density at radius 1 is 0.909 bits per heavy atom. The van der Waals surface area contributed by atoms with Gasteiger partial charge in [0.05, 0.1) is 15.5 Å². The lowest BCUT2D eigenvalue weighted by Gasteiger charge is -2.36. The van der Waals surface area contributed by atoms with Crippen molar-refractivity contribution in [3.8, 4) is 0 Å². The Labute approximate surface area is 196 Å². The van der Waals surface area contributed by atoms with Gasteiger partial charge >= 0.3 is 0 Å². The van der Waals surface area contributed by atoms with Gasteiger partial charge in [-0.3, -0.25) is 19.0 Å². The molecule has 0 bridgehead atoms. The number of nitrogens with zero attached hydrogens (tertiary/aromatic N) is 3. The standard InChI is InChI=1S/C24H27N3O4S2/c28-32(29)18-23(33(30,31)21-6-2-1-3-7-21)24-19(5-4-8-22(24)32)17-26-13-15-27(16-14-26)20-9-11-25-12-10-20/h1-12,23,28-29H,13-18H2. The van der Waals surface area contributed by atoms with Crippen molar-refractivity contribution in [2.24, 2.45) is 0 Å². The van der Waals surface area contributed by atoms with E-state index in [4.69, 9.17) is 0 Å². The molecular formula is C24H27N3O4S2. The second-order valence-electron chi connectivity index (χ2n) is 8.48. The fraction of sp³-hybridized carbons (Fsp3) is 0.292. The van der Waals surface area contributed by atoms with Crippen molar-refractivity contribution >= 4 is 26.1 Å². The molecule has 0 spiro atoms. The average Bonchev–Trinajstić information content (AvgIpc) is 3.13. The maximum atomic E-state index is 13.5. The number of fused-ring (bicyclic) bond motifs is 1. The Morgan fingerprint density at radius 2 is 1.61 bits per heavy atom. The SMILES string of the molecule is O=S(=O)(c1ccccc1)C1CS(O)(O)c2cccc(CN3CCN(c4ccncc4)CC3)c21. The van der Waals surface area contributed by atoms with Crippen LogP contribution in [0.15, 0.2) is 82.8 Å². The van der Waals surface area contributed by atoms with E-state index < -0.39 is 25.7 Å². The molecule has 0 saturated carbocycles. The molecular weight excluding hydrogens is 458 g/mol. The molecule has 1 aromatic heterocycles. The third-order valence-electron chi connectivity index (χ3n) is 6.45. The Bertz CT molecular complexity index is 1230. The minimum atomic E-state index is -3.76. The highest BCUT2D eigenvalue weighted by atomic mass is 32.3. The smallest absolute Gasteiger partial charge is 0.187 e. The highest BCUT2D eigenvalue weighted by Crippen LogP contribution is 2.62. The van der Waals surface area contributed by atoms with E-state index in [0.29, 0.717) is 17.0 Å². The summed E-state index contributed by atoms with van der Waals surface area (Å²) in [6, 6.07) is 17.7. The van der Waals surface area contributed by atoms with Gasteiger partial charge in [-0.1, -0.05) is 30.3 Å². The maximum absolute atomic E-state index is 13.5. The molecule has 5 rings (SSSR count). The Morgan fingerprint density at radius 3 is 2.30 bits per heavy atom. The minimum Gasteiger partial charge on any atom is -0.369 e. The van der Waals surface area contributed by atoms with Crippen LogP contribution in [-0.2, 0) is 16.4 Å². The van der Waals surface area contributed by atoms with Crippen molar-refractivity contribution in [2.75, 3.05) is 36.8 Å². The first kappa shape index (κ1) is 22.4. The Kier molecular flexibility index (Phi) is 5.92. The third kappa shape index (κ3) is 4.27. The van der Waals surface area contributed by atoms with E-state index in [1.807, 2.05) is 18.2 Å². The van der Waals surface area contributed by atoms with Gasteiger partial charge in [0.15, 0.2) is 9.84 Å². The minimum absolute atomic E-state index is 0.188. The maximum Gasteiger partial charge on any atom is 0.187 e. The van der Waals surface area contributed by atoms with Gasteiger partial charge in [-0.15, -0.1) is 0 Å². The molecule has 2 N–H and O–H groups in total. The molecule has 2 aliphatic heterocycles. The van der Waals surface area contributed by atoms with Crippen molar-refractivity contribution in [1.82, 2.24) is 9.88 Å². The normalized spacial score (nSPS) is 21.5. The molecule has 9 heteroatoms. The molecule has 174 valence electrons. The number of hydrogen-bond acceptors (Lipinski definition) is 7. The molecule has 2 aromatic carbocycles. The van der Waals surface area contributed by atoms with E-state index in [0.717, 1.165) is 37.4 Å². The number of sulfone groups is 1. The van der Waals surface area contributed by atoms with Crippen LogP contribution in [0.3, 0.4) is 0 Å². The van der Waals surface area contributed by atoms with Gasteiger partial charge in [0.25, 0.3) is 0 Å². The van der Waals surface area contributed by atoms with Crippen LogP contribution >= 0.6 is 10.6 Å². The summed E-state index contributed by atoms with van der Waals surface area (Å²) in [5, 5.41) is -0.964. The van der Waals surface area contributed by atoms with Crippen molar-refractivity contribution < 1.29 is 17.5 Å². The molecule has 0 amide bonds. The number of aromatic nitrogens is 1. The highest BCUT2D eigenvalue weighted by molar-refractivity contribution is 8.25. The third-order valence-corrected chi connectivity index (χ3v) is 10.6. The van der Waals surface area contributed by atoms with Crippen LogP contribution in [0.25, 0.3) is 0 Å². The van der Waals surface area contributed by atoms with Crippen LogP contribution in [0.4, 0.5) is 5.69 Å². The van der Waals surface area contributed by atoms with Crippen LogP contribution in [0.2, 0.25) is 0 Å². The van der Waals surface area contributed by atoms with Crippen molar-refractivity contribution in [1.29, 1.82) is 0 Å². The summed E-state index contributed by atoms with van der Waals surface area (Å²) in [6.45, 7) is 3.96. The zero-order valence-corrected chi connectivity index (χ0v) is 19.8. The number of benzene rings is 2. The summed E-state index contributed by atoms with van der Waals surface area (Å²) >= 11 is 0. The van der Waals surface area contributed by atoms with Crippen LogP contribution in [0, 0.1) is 0 Å². The zero-order valence-electron chi connectivity index (χ0n) is 18.1. The molecule has 1 fully saturated rings. The molecule has 2 aliphatic rings. The lowest BCUT2D eigenvalue weighted by Crippen LogP contribution is -2.46. The molecule has 7 nitrogen and oxygen atoms in total. The molecule has 0 aliphatic carbocycles. The van der Waals surface area contributed by atoms with Crippen molar-refractivity contribution in [2.45, 2.75) is 21.6 Å². The first-order chi connectivity index (χ1) is 15.9. The molecule has 3 heterocycles. The predicted octanol–water partition coefficient (Wildman–Crippen LogP) is 4.04. The summed E-state index contributed by atoms with van der Waals surface area (Å²) in [7, 11) is -6.93. The van der Waals surface area contributed by atoms with Gasteiger partial charge in [-0.25, -0.2) is 8.42 Å². The highest BCUT2D eigenvalue weighted by Gasteiger charge is 2.44. The van der Waals surface area contributed by atoms with Crippen LogP contribution in [0.5, 0.6) is 0 Å². The largest absolute Gasteiger partial charge is 0.369 e. The van der Waals surface area contributed by atoms with Gasteiger partial charge in [-0.05, 0) is 41.5 Å². The summed E-state index contributed by atoms with van der Waals surface area (Å²) < 4.78 is 48.5. The predicted molar refractivity (Wildman–Crippen MR) is 131 cm³/mol. The van der Waals surface area contributed by atoms with Gasteiger partial charge in [0.1, 0.15) is 5.25 Å². The van der Waals surface area contributed by atoms with Crippen LogP contribution in [0.1, 0.15) is 16.4 Å². The van der Waals surface area contributed by atoms with Crippen molar-refractivity contribution in [3.63, 3.8) is 0 Å². The number of rotatable bonds is 5. The summed E-state index contributed by atoms with van der Waals surface area (Å²) in [5.41, 5.74) is 2.57. The van der Waals surface area contributed by atoms with E-state index in [-0.39, 0.29) is 10.6 Å². The topological polar surface area (TPSA) is 94.0 Å². The van der Waals surface area contributed by atoms with Gasteiger partial charge in [-0.2, -0.15) is 10.6 Å². The van der Waals surface area contributed by atoms with Crippen LogP contribution in [-0.4, -0.2) is 59.3 Å². The first-order valence-corrected chi connectivity index (χ1v) is 14.2. The Hall–Kier alpha value is -2.43. The number of pyridine rings is 1. The molecule has 1 saturated heterocycles. The number of hydrogen-bond donors (Lipinski definition) is 2. The lowest BCUT2D eigenvalue weighted by molar-refractivity contribution is 0.249. The van der Waals surface area contributed by atoms with Crippen molar-refractivity contribution in [3.05, 3.63) is 84.2 Å². The fourth-order valence-corrected chi connectivity index (χ4v) is 9.25. The van der Waals surface area contributed by atoms with E-state index in [9.17, 15) is 17.5 Å². The van der Waals surface area contributed by atoms with E-state index in [1.54, 1.807) is 54.9 Å². The van der Waals surface area contributed by atoms with E-state index in [2.05, 4.69) is 14.8 Å². The second-order valence-corrected chi connectivity index (χ2v) is 12.7. The first-order valence-electron chi connectivity index (χ1n) is 10.9. The summed E-state index contributed by atoms with van der Waals surface area (Å²) in [5.74, 6) is -0.188. The zero-order chi connectivity index (χ0) is 23.1. The van der Waals surface area contributed by atoms with Gasteiger partial charge < -0.3 is 4.90 Å². The second kappa shape index (κ2) is 8.73. The van der Waals surface area contributed by atoms with Gasteiger partial charge in [0.2, 0.25) is 0 Å². The monoisotopic (exact) mass is 485 g/mol. The molecule has 1 unspecified atom stereocenters. The average molecular weight is 486 g/mol. The fourth-order valence-electron chi connectivity index (χ4n) is 4.74. The summed E-state index contributed by atoms with van der Waals surface area (Å²) in [6.07, 6.45) is 3.58. The molecule has 1 atom stereocenters. The van der Waals surface area contributed by atoms with Gasteiger partial charge in [0, 0.05) is 50.8 Å². The number of anilines is 1.